The van der Waals surface area contributed by atoms with Crippen LogP contribution in [0.25, 0.3) is 0 Å². The SMILES string of the molecule is O=C(O)CCON=C1CC2C1CC(O)C2CCC(O)c1cccc(C(F)(F)F)c1. The second-order valence-electron chi connectivity index (χ2n) is 7.72. The molecule has 2 aliphatic rings. The Morgan fingerprint density at radius 3 is 2.79 bits per heavy atom. The number of hydrogen-bond donors (Lipinski definition) is 3. The molecule has 29 heavy (non-hydrogen) atoms. The first-order valence-electron chi connectivity index (χ1n) is 9.60. The first-order valence-corrected chi connectivity index (χ1v) is 9.60. The number of nitrogens with zero attached hydrogens (tertiary/aromatic N) is 1. The summed E-state index contributed by atoms with van der Waals surface area (Å²) in [5.74, 6) is -0.753. The second-order valence-corrected chi connectivity index (χ2v) is 7.72. The summed E-state index contributed by atoms with van der Waals surface area (Å²) in [6.07, 6.45) is -4.28. The highest BCUT2D eigenvalue weighted by atomic mass is 19.4. The van der Waals surface area contributed by atoms with Crippen LogP contribution in [0.15, 0.2) is 29.4 Å². The number of halogens is 3. The third-order valence-corrected chi connectivity index (χ3v) is 5.89. The predicted molar refractivity (Wildman–Crippen MR) is 97.0 cm³/mol. The lowest BCUT2D eigenvalue weighted by atomic mass is 9.70. The van der Waals surface area contributed by atoms with E-state index in [1.165, 1.54) is 12.1 Å². The van der Waals surface area contributed by atoms with E-state index in [0.29, 0.717) is 19.3 Å². The van der Waals surface area contributed by atoms with Crippen molar-refractivity contribution in [3.05, 3.63) is 35.4 Å². The van der Waals surface area contributed by atoms with Gasteiger partial charge in [-0.15, -0.1) is 0 Å². The number of benzene rings is 1. The number of fused-ring (bicyclic) bond motifs is 1. The fraction of sp³-hybridized carbons (Fsp3) is 0.600. The summed E-state index contributed by atoms with van der Waals surface area (Å²) in [4.78, 5) is 15.5. The van der Waals surface area contributed by atoms with E-state index in [-0.39, 0.29) is 42.8 Å². The Balaban J connectivity index is 1.52. The van der Waals surface area contributed by atoms with Crippen molar-refractivity contribution in [2.75, 3.05) is 6.61 Å². The van der Waals surface area contributed by atoms with Crippen LogP contribution in [0.5, 0.6) is 0 Å². The topological polar surface area (TPSA) is 99.4 Å². The summed E-state index contributed by atoms with van der Waals surface area (Å²) in [5.41, 5.74) is 0.227. The van der Waals surface area contributed by atoms with E-state index in [2.05, 4.69) is 5.16 Å². The van der Waals surface area contributed by atoms with Gasteiger partial charge in [0.05, 0.1) is 29.9 Å². The molecule has 0 heterocycles. The maximum Gasteiger partial charge on any atom is 0.416 e. The van der Waals surface area contributed by atoms with Gasteiger partial charge in [0.25, 0.3) is 0 Å². The average molecular weight is 415 g/mol. The van der Waals surface area contributed by atoms with Crippen LogP contribution in [-0.2, 0) is 15.8 Å². The summed E-state index contributed by atoms with van der Waals surface area (Å²) >= 11 is 0. The fourth-order valence-electron chi connectivity index (χ4n) is 4.31. The van der Waals surface area contributed by atoms with Gasteiger partial charge in [-0.2, -0.15) is 13.2 Å². The van der Waals surface area contributed by atoms with Crippen molar-refractivity contribution in [2.45, 2.75) is 50.5 Å². The molecule has 0 aromatic heterocycles. The summed E-state index contributed by atoms with van der Waals surface area (Å²) in [6.45, 7) is -0.00855. The molecule has 0 saturated heterocycles. The molecule has 160 valence electrons. The molecule has 5 unspecified atom stereocenters. The number of aliphatic hydroxyl groups is 2. The smallest absolute Gasteiger partial charge is 0.416 e. The number of carboxylic acids is 1. The molecule has 2 fully saturated rings. The van der Waals surface area contributed by atoms with Crippen molar-refractivity contribution in [1.82, 2.24) is 0 Å². The average Bonchev–Trinajstić information content (AvgIpc) is 2.89. The summed E-state index contributed by atoms with van der Waals surface area (Å²) in [6, 6.07) is 4.67. The molecule has 9 heteroatoms. The molecule has 0 bridgehead atoms. The zero-order valence-corrected chi connectivity index (χ0v) is 15.7. The highest BCUT2D eigenvalue weighted by molar-refractivity contribution is 5.93. The Kier molecular flexibility index (Phi) is 6.48. The van der Waals surface area contributed by atoms with E-state index >= 15 is 0 Å². The number of hydrogen-bond acceptors (Lipinski definition) is 5. The van der Waals surface area contributed by atoms with Gasteiger partial charge >= 0.3 is 12.1 Å². The van der Waals surface area contributed by atoms with Gasteiger partial charge in [-0.1, -0.05) is 17.3 Å². The van der Waals surface area contributed by atoms with Crippen molar-refractivity contribution in [3.63, 3.8) is 0 Å². The molecule has 0 amide bonds. The van der Waals surface area contributed by atoms with Crippen LogP contribution < -0.4 is 0 Å². The number of carboxylic acid groups (broad SMARTS) is 1. The predicted octanol–water partition coefficient (Wildman–Crippen LogP) is 3.38. The van der Waals surface area contributed by atoms with E-state index < -0.39 is 29.9 Å². The second kappa shape index (κ2) is 8.71. The zero-order valence-electron chi connectivity index (χ0n) is 15.7. The molecule has 3 rings (SSSR count). The molecule has 5 atom stereocenters. The van der Waals surface area contributed by atoms with E-state index in [0.717, 1.165) is 17.8 Å². The minimum atomic E-state index is -4.46. The molecule has 1 aromatic carbocycles. The number of rotatable bonds is 8. The molecule has 6 nitrogen and oxygen atoms in total. The van der Waals surface area contributed by atoms with Gasteiger partial charge in [0.2, 0.25) is 0 Å². The number of alkyl halides is 3. The molecule has 1 aromatic rings. The Morgan fingerprint density at radius 2 is 2.10 bits per heavy atom. The van der Waals surface area contributed by atoms with Gasteiger partial charge in [-0.3, -0.25) is 4.79 Å². The maximum absolute atomic E-state index is 12.8. The number of oxime groups is 1. The van der Waals surface area contributed by atoms with Gasteiger partial charge in [0, 0.05) is 5.92 Å². The molecular formula is C20H24F3NO5. The Morgan fingerprint density at radius 1 is 1.34 bits per heavy atom. The van der Waals surface area contributed by atoms with Gasteiger partial charge in [0.15, 0.2) is 0 Å². The minimum absolute atomic E-state index is 0.00855. The molecule has 2 saturated carbocycles. The van der Waals surface area contributed by atoms with Crippen molar-refractivity contribution < 1.29 is 38.1 Å². The van der Waals surface area contributed by atoms with Crippen LogP contribution in [0, 0.1) is 17.8 Å². The standard InChI is InChI=1S/C20H24F3NO5/c21-20(22,23)12-3-1-2-11(8-12)17(25)5-4-13-14-9-16(15(14)10-18(13)26)24-29-7-6-19(27)28/h1-3,8,13-15,17-18,25-26H,4-7,9-10H2,(H,27,28). The molecule has 3 N–H and O–H groups in total. The minimum Gasteiger partial charge on any atom is -0.481 e. The largest absolute Gasteiger partial charge is 0.481 e. The monoisotopic (exact) mass is 415 g/mol. The van der Waals surface area contributed by atoms with Crippen LogP contribution in [0.2, 0.25) is 0 Å². The van der Waals surface area contributed by atoms with Crippen LogP contribution >= 0.6 is 0 Å². The van der Waals surface area contributed by atoms with Crippen LogP contribution in [0.1, 0.15) is 49.3 Å². The summed E-state index contributed by atoms with van der Waals surface area (Å²) < 4.78 is 38.5. The molecule has 2 aliphatic carbocycles. The number of aliphatic carboxylic acids is 1. The third kappa shape index (κ3) is 5.08. The fourth-order valence-corrected chi connectivity index (χ4v) is 4.31. The molecule has 0 radical (unpaired) electrons. The van der Waals surface area contributed by atoms with Gasteiger partial charge in [0.1, 0.15) is 6.61 Å². The molecule has 0 aliphatic heterocycles. The van der Waals surface area contributed by atoms with Gasteiger partial charge in [-0.05, 0) is 55.2 Å². The van der Waals surface area contributed by atoms with Crippen molar-refractivity contribution in [3.8, 4) is 0 Å². The Hall–Kier alpha value is -2.13. The highest BCUT2D eigenvalue weighted by Crippen LogP contribution is 2.51. The Bertz CT molecular complexity index is 767. The van der Waals surface area contributed by atoms with Crippen LogP contribution in [0.4, 0.5) is 13.2 Å². The quantitative estimate of drug-likeness (QED) is 0.447. The number of carbonyl (C=O) groups is 1. The zero-order chi connectivity index (χ0) is 21.2. The van der Waals surface area contributed by atoms with E-state index in [9.17, 15) is 28.2 Å². The van der Waals surface area contributed by atoms with Crippen LogP contribution in [-0.4, -0.2) is 39.7 Å². The van der Waals surface area contributed by atoms with E-state index in [4.69, 9.17) is 9.94 Å². The van der Waals surface area contributed by atoms with E-state index in [1.807, 2.05) is 0 Å². The van der Waals surface area contributed by atoms with E-state index in [1.54, 1.807) is 0 Å². The van der Waals surface area contributed by atoms with Crippen LogP contribution in [0.3, 0.4) is 0 Å². The molecule has 0 spiro atoms. The van der Waals surface area contributed by atoms with Crippen molar-refractivity contribution >= 4 is 11.7 Å². The summed E-state index contributed by atoms with van der Waals surface area (Å²) in [7, 11) is 0. The first-order chi connectivity index (χ1) is 13.7. The highest BCUT2D eigenvalue weighted by Gasteiger charge is 2.51. The van der Waals surface area contributed by atoms with Gasteiger partial charge in [-0.25, -0.2) is 0 Å². The van der Waals surface area contributed by atoms with Crippen molar-refractivity contribution in [2.24, 2.45) is 22.9 Å². The lowest BCUT2D eigenvalue weighted by molar-refractivity contribution is -0.138. The van der Waals surface area contributed by atoms with Gasteiger partial charge < -0.3 is 20.2 Å². The molecular weight excluding hydrogens is 391 g/mol. The lowest BCUT2D eigenvalue weighted by Crippen LogP contribution is -2.36. The summed E-state index contributed by atoms with van der Waals surface area (Å²) in [5, 5.41) is 33.2. The normalized spacial score (nSPS) is 28.7. The third-order valence-electron chi connectivity index (χ3n) is 5.89. The maximum atomic E-state index is 12.8. The first kappa shape index (κ1) is 21.6. The number of aliphatic hydroxyl groups excluding tert-OH is 2. The lowest BCUT2D eigenvalue weighted by Gasteiger charge is -2.35. The Labute approximate surface area is 166 Å². The van der Waals surface area contributed by atoms with Crippen molar-refractivity contribution in [1.29, 1.82) is 0 Å².